The van der Waals surface area contributed by atoms with Crippen LogP contribution in [0.25, 0.3) is 0 Å². The average Bonchev–Trinajstić information content (AvgIpc) is 2.60. The molecule has 2 rings (SSSR count). The van der Waals surface area contributed by atoms with Crippen LogP contribution >= 0.6 is 0 Å². The van der Waals surface area contributed by atoms with Crippen molar-refractivity contribution in [1.29, 1.82) is 0 Å². The molecule has 0 radical (unpaired) electrons. The molecular formula is C20H38N4O. The minimum Gasteiger partial charge on any atom is -0.338 e. The molecule has 2 fully saturated rings. The molecule has 1 saturated heterocycles. The Hall–Kier alpha value is -0.910. The van der Waals surface area contributed by atoms with E-state index in [9.17, 15) is 4.79 Å². The van der Waals surface area contributed by atoms with Crippen molar-refractivity contribution in [3.63, 3.8) is 0 Å². The van der Waals surface area contributed by atoms with Crippen molar-refractivity contribution in [2.45, 2.75) is 56.7 Å². The Morgan fingerprint density at radius 2 is 1.60 bits per heavy atom. The fourth-order valence-electron chi connectivity index (χ4n) is 4.34. The van der Waals surface area contributed by atoms with E-state index in [0.717, 1.165) is 13.0 Å². The molecule has 0 N–H and O–H groups in total. The van der Waals surface area contributed by atoms with Gasteiger partial charge in [0.1, 0.15) is 0 Å². The van der Waals surface area contributed by atoms with Crippen LogP contribution < -0.4 is 0 Å². The first-order valence-electron chi connectivity index (χ1n) is 9.88. The van der Waals surface area contributed by atoms with Gasteiger partial charge in [0.25, 0.3) is 0 Å². The lowest BCUT2D eigenvalue weighted by atomic mass is 9.86. The van der Waals surface area contributed by atoms with Gasteiger partial charge in [0.15, 0.2) is 0 Å². The normalized spacial score (nSPS) is 26.7. The van der Waals surface area contributed by atoms with Gasteiger partial charge < -0.3 is 14.7 Å². The van der Waals surface area contributed by atoms with Crippen LogP contribution in [0, 0.1) is 0 Å². The fraction of sp³-hybridized carbons (Fsp3) is 0.850. The highest BCUT2D eigenvalue weighted by molar-refractivity contribution is 5.87. The van der Waals surface area contributed by atoms with Gasteiger partial charge in [0.2, 0.25) is 5.91 Å². The summed E-state index contributed by atoms with van der Waals surface area (Å²) in [6, 6.07) is 1.50. The molecule has 1 aliphatic heterocycles. The molecule has 1 saturated carbocycles. The first kappa shape index (κ1) is 20.4. The molecular weight excluding hydrogens is 312 g/mol. The zero-order chi connectivity index (χ0) is 18.4. The zero-order valence-electron chi connectivity index (χ0n) is 16.9. The lowest BCUT2D eigenvalue weighted by Gasteiger charge is -2.46. The van der Waals surface area contributed by atoms with Crippen molar-refractivity contribution in [1.82, 2.24) is 19.6 Å². The summed E-state index contributed by atoms with van der Waals surface area (Å²) >= 11 is 0. The Morgan fingerprint density at radius 3 is 2.20 bits per heavy atom. The average molecular weight is 351 g/mol. The van der Waals surface area contributed by atoms with Crippen LogP contribution in [0.5, 0.6) is 0 Å². The topological polar surface area (TPSA) is 30.0 Å². The number of nitrogens with zero attached hydrogens (tertiary/aromatic N) is 4. The Bertz CT molecular complexity index is 443. The summed E-state index contributed by atoms with van der Waals surface area (Å²) in [7, 11) is 10.5. The first-order chi connectivity index (χ1) is 11.9. The molecule has 5 heteroatoms. The SMILES string of the molecule is CN(C)C/C=C/C(=O)N(C)C1CCCCC1N(C)C1CCN(C)CC1. The van der Waals surface area contributed by atoms with Gasteiger partial charge in [-0.15, -0.1) is 0 Å². The van der Waals surface area contributed by atoms with Gasteiger partial charge in [-0.3, -0.25) is 9.69 Å². The van der Waals surface area contributed by atoms with Gasteiger partial charge in [-0.2, -0.15) is 0 Å². The van der Waals surface area contributed by atoms with E-state index in [0.29, 0.717) is 18.1 Å². The van der Waals surface area contributed by atoms with E-state index in [1.807, 2.05) is 32.1 Å². The van der Waals surface area contributed by atoms with E-state index in [2.05, 4.69) is 28.8 Å². The second-order valence-corrected chi connectivity index (χ2v) is 8.23. The predicted octanol–water partition coefficient (Wildman–Crippen LogP) is 1.90. The summed E-state index contributed by atoms with van der Waals surface area (Å²) in [5, 5.41) is 0. The maximum absolute atomic E-state index is 12.6. The Kier molecular flexibility index (Phi) is 7.91. The van der Waals surface area contributed by atoms with Crippen LogP contribution in [-0.4, -0.2) is 98.5 Å². The predicted molar refractivity (Wildman–Crippen MR) is 105 cm³/mol. The van der Waals surface area contributed by atoms with Crippen molar-refractivity contribution in [2.24, 2.45) is 0 Å². The van der Waals surface area contributed by atoms with Gasteiger partial charge in [-0.25, -0.2) is 0 Å². The Morgan fingerprint density at radius 1 is 1.00 bits per heavy atom. The number of hydrogen-bond acceptors (Lipinski definition) is 4. The summed E-state index contributed by atoms with van der Waals surface area (Å²) in [6.45, 7) is 3.19. The maximum atomic E-state index is 12.6. The van der Waals surface area contributed by atoms with E-state index in [4.69, 9.17) is 0 Å². The van der Waals surface area contributed by atoms with E-state index >= 15 is 0 Å². The number of likely N-dealkylation sites (N-methyl/N-ethyl adjacent to an activating group) is 3. The van der Waals surface area contributed by atoms with Crippen LogP contribution in [0.1, 0.15) is 38.5 Å². The molecule has 1 aliphatic carbocycles. The summed E-state index contributed by atoms with van der Waals surface area (Å²) in [5.74, 6) is 0.149. The van der Waals surface area contributed by atoms with Crippen molar-refractivity contribution < 1.29 is 4.79 Å². The van der Waals surface area contributed by atoms with E-state index < -0.39 is 0 Å². The standard InChI is InChI=1S/C20H38N4O/c1-21(2)14-8-11-20(25)24(5)19-10-7-6-9-18(19)23(4)17-12-15-22(3)16-13-17/h8,11,17-19H,6-7,9-10,12-16H2,1-5H3/b11-8+. The van der Waals surface area contributed by atoms with Crippen molar-refractivity contribution >= 4 is 5.91 Å². The number of amides is 1. The smallest absolute Gasteiger partial charge is 0.246 e. The molecule has 2 atom stereocenters. The number of rotatable bonds is 6. The third kappa shape index (κ3) is 5.80. The number of carbonyl (C=O) groups excluding carboxylic acids is 1. The van der Waals surface area contributed by atoms with Gasteiger partial charge in [0.05, 0.1) is 0 Å². The molecule has 0 aromatic carbocycles. The lowest BCUT2D eigenvalue weighted by Crippen LogP contribution is -2.56. The van der Waals surface area contributed by atoms with Crippen LogP contribution in [-0.2, 0) is 4.79 Å². The molecule has 2 unspecified atom stereocenters. The lowest BCUT2D eigenvalue weighted by molar-refractivity contribution is -0.129. The van der Waals surface area contributed by atoms with E-state index in [1.54, 1.807) is 6.08 Å². The fourth-order valence-corrected chi connectivity index (χ4v) is 4.34. The number of likely N-dealkylation sites (tertiary alicyclic amines) is 1. The quantitative estimate of drug-likeness (QED) is 0.685. The van der Waals surface area contributed by atoms with Gasteiger partial charge in [0, 0.05) is 37.8 Å². The van der Waals surface area contributed by atoms with E-state index in [-0.39, 0.29) is 5.91 Å². The molecule has 25 heavy (non-hydrogen) atoms. The Balaban J connectivity index is 1.98. The summed E-state index contributed by atoms with van der Waals surface area (Å²) in [5.41, 5.74) is 0. The molecule has 0 aromatic heterocycles. The number of carbonyl (C=O) groups is 1. The number of piperidine rings is 1. The largest absolute Gasteiger partial charge is 0.338 e. The summed E-state index contributed by atoms with van der Waals surface area (Å²) < 4.78 is 0. The third-order valence-corrected chi connectivity index (χ3v) is 6.06. The highest BCUT2D eigenvalue weighted by Crippen LogP contribution is 2.29. The molecule has 1 amide bonds. The molecule has 144 valence electrons. The minimum absolute atomic E-state index is 0.149. The van der Waals surface area contributed by atoms with Gasteiger partial charge >= 0.3 is 0 Å². The maximum Gasteiger partial charge on any atom is 0.246 e. The van der Waals surface area contributed by atoms with Crippen LogP contribution in [0.4, 0.5) is 0 Å². The molecule has 0 bridgehead atoms. The first-order valence-corrected chi connectivity index (χ1v) is 9.88. The monoisotopic (exact) mass is 350 g/mol. The van der Waals surface area contributed by atoms with Crippen molar-refractivity contribution in [3.05, 3.63) is 12.2 Å². The van der Waals surface area contributed by atoms with Crippen LogP contribution in [0.15, 0.2) is 12.2 Å². The highest BCUT2D eigenvalue weighted by atomic mass is 16.2. The molecule has 1 heterocycles. The third-order valence-electron chi connectivity index (χ3n) is 6.06. The van der Waals surface area contributed by atoms with Crippen molar-refractivity contribution in [2.75, 3.05) is 54.9 Å². The van der Waals surface area contributed by atoms with Gasteiger partial charge in [-0.05, 0) is 67.0 Å². The molecule has 5 nitrogen and oxygen atoms in total. The number of hydrogen-bond donors (Lipinski definition) is 0. The zero-order valence-corrected chi connectivity index (χ0v) is 16.9. The van der Waals surface area contributed by atoms with Crippen LogP contribution in [0.2, 0.25) is 0 Å². The highest BCUT2D eigenvalue weighted by Gasteiger charge is 2.35. The molecule has 0 spiro atoms. The molecule has 2 aliphatic rings. The van der Waals surface area contributed by atoms with E-state index in [1.165, 1.54) is 45.2 Å². The second kappa shape index (κ2) is 9.70. The Labute approximate surface area is 154 Å². The summed E-state index contributed by atoms with van der Waals surface area (Å²) in [4.78, 5) is 21.7. The minimum atomic E-state index is 0.149. The summed E-state index contributed by atoms with van der Waals surface area (Å²) in [6.07, 6.45) is 11.1. The van der Waals surface area contributed by atoms with Crippen LogP contribution in [0.3, 0.4) is 0 Å². The second-order valence-electron chi connectivity index (χ2n) is 8.23. The van der Waals surface area contributed by atoms with Crippen molar-refractivity contribution in [3.8, 4) is 0 Å². The van der Waals surface area contributed by atoms with Gasteiger partial charge in [-0.1, -0.05) is 18.9 Å². The molecule has 0 aromatic rings.